The second-order valence-electron chi connectivity index (χ2n) is 6.67. The zero-order chi connectivity index (χ0) is 18.1. The number of benzene rings is 1. The highest BCUT2D eigenvalue weighted by molar-refractivity contribution is 6.00. The van der Waals surface area contributed by atoms with Crippen molar-refractivity contribution in [2.75, 3.05) is 0 Å². The number of nitrogens with zero attached hydrogens (tertiary/aromatic N) is 1. The third kappa shape index (κ3) is 3.08. The molecule has 1 saturated carbocycles. The summed E-state index contributed by atoms with van der Waals surface area (Å²) < 4.78 is 5.82. The molecule has 3 N–H and O–H groups in total. The maximum Gasteiger partial charge on any atom is 0.306 e. The largest absolute Gasteiger partial charge is 0.481 e. The molecule has 7 heteroatoms. The molecule has 0 radical (unpaired) electrons. The monoisotopic (exact) mass is 353 g/mol. The fraction of sp³-hybridized carbons (Fsp3) is 0.316. The minimum Gasteiger partial charge on any atom is -0.481 e. The number of aromatic amines is 1. The van der Waals surface area contributed by atoms with Crippen molar-refractivity contribution in [1.29, 1.82) is 0 Å². The first-order valence-corrected chi connectivity index (χ1v) is 8.68. The number of para-hydroxylation sites is 1. The fourth-order valence-corrected chi connectivity index (χ4v) is 3.50. The summed E-state index contributed by atoms with van der Waals surface area (Å²) in [7, 11) is 0. The van der Waals surface area contributed by atoms with Crippen LogP contribution in [0.25, 0.3) is 22.4 Å². The van der Waals surface area contributed by atoms with E-state index in [1.165, 1.54) is 6.20 Å². The molecule has 1 amide bonds. The Kier molecular flexibility index (Phi) is 4.20. The summed E-state index contributed by atoms with van der Waals surface area (Å²) in [6, 6.07) is 9.49. The lowest BCUT2D eigenvalue weighted by atomic mass is 9.86. The van der Waals surface area contributed by atoms with Gasteiger partial charge in [-0.1, -0.05) is 18.2 Å². The van der Waals surface area contributed by atoms with Crippen LogP contribution in [0.15, 0.2) is 40.9 Å². The number of carboxylic acid groups (broad SMARTS) is 1. The van der Waals surface area contributed by atoms with Crippen molar-refractivity contribution in [3.63, 3.8) is 0 Å². The van der Waals surface area contributed by atoms with Gasteiger partial charge < -0.3 is 14.8 Å². The van der Waals surface area contributed by atoms with E-state index in [1.54, 1.807) is 0 Å². The lowest BCUT2D eigenvalue weighted by Crippen LogP contribution is -2.38. The normalized spacial score (nSPS) is 20.2. The number of nitrogens with one attached hydrogen (secondary N) is 2. The van der Waals surface area contributed by atoms with Gasteiger partial charge >= 0.3 is 5.97 Å². The van der Waals surface area contributed by atoms with E-state index in [9.17, 15) is 9.59 Å². The lowest BCUT2D eigenvalue weighted by Gasteiger charge is -2.26. The van der Waals surface area contributed by atoms with Crippen molar-refractivity contribution in [3.8, 4) is 11.5 Å². The molecule has 1 aliphatic rings. The Balaban J connectivity index is 1.50. The third-order valence-corrected chi connectivity index (χ3v) is 4.97. The number of furan rings is 1. The first-order valence-electron chi connectivity index (χ1n) is 8.68. The molecule has 0 atom stereocenters. The van der Waals surface area contributed by atoms with E-state index in [0.717, 1.165) is 11.0 Å². The molecule has 26 heavy (non-hydrogen) atoms. The van der Waals surface area contributed by atoms with Gasteiger partial charge in [0.2, 0.25) is 0 Å². The molecule has 3 aromatic rings. The fourth-order valence-electron chi connectivity index (χ4n) is 3.50. The van der Waals surface area contributed by atoms with Gasteiger partial charge in [-0.3, -0.25) is 14.7 Å². The second-order valence-corrected chi connectivity index (χ2v) is 6.67. The molecule has 134 valence electrons. The first kappa shape index (κ1) is 16.4. The van der Waals surface area contributed by atoms with Gasteiger partial charge in [0.05, 0.1) is 17.7 Å². The van der Waals surface area contributed by atoms with Gasteiger partial charge in [-0.15, -0.1) is 0 Å². The Labute approximate surface area is 149 Å². The molecule has 2 aromatic heterocycles. The number of aliphatic carboxylic acids is 1. The van der Waals surface area contributed by atoms with Crippen LogP contribution in [-0.4, -0.2) is 33.2 Å². The van der Waals surface area contributed by atoms with Gasteiger partial charge in [0.15, 0.2) is 5.76 Å². The Morgan fingerprint density at radius 1 is 1.19 bits per heavy atom. The van der Waals surface area contributed by atoms with E-state index in [1.807, 2.05) is 30.3 Å². The summed E-state index contributed by atoms with van der Waals surface area (Å²) in [5.74, 6) is -0.726. The number of hydrogen-bond acceptors (Lipinski definition) is 4. The number of amides is 1. The van der Waals surface area contributed by atoms with E-state index >= 15 is 0 Å². The summed E-state index contributed by atoms with van der Waals surface area (Å²) in [6.45, 7) is 0. The van der Waals surface area contributed by atoms with Gasteiger partial charge in [-0.2, -0.15) is 5.10 Å². The van der Waals surface area contributed by atoms with Crippen LogP contribution in [0, 0.1) is 5.92 Å². The number of hydrogen-bond donors (Lipinski definition) is 3. The van der Waals surface area contributed by atoms with Crippen molar-refractivity contribution in [2.24, 2.45) is 5.92 Å². The zero-order valence-corrected chi connectivity index (χ0v) is 14.1. The van der Waals surface area contributed by atoms with Crippen LogP contribution in [0.2, 0.25) is 0 Å². The number of carboxylic acids is 1. The summed E-state index contributed by atoms with van der Waals surface area (Å²) in [4.78, 5) is 23.7. The summed E-state index contributed by atoms with van der Waals surface area (Å²) in [5.41, 5.74) is 1.71. The maximum atomic E-state index is 12.7. The zero-order valence-electron chi connectivity index (χ0n) is 14.1. The first-order chi connectivity index (χ1) is 12.6. The Bertz CT molecular complexity index is 918. The van der Waals surface area contributed by atoms with Crippen LogP contribution in [0.3, 0.4) is 0 Å². The van der Waals surface area contributed by atoms with Crippen LogP contribution in [0.5, 0.6) is 0 Å². The number of fused-ring (bicyclic) bond motifs is 1. The quantitative estimate of drug-likeness (QED) is 0.667. The van der Waals surface area contributed by atoms with Gasteiger partial charge in [-0.05, 0) is 37.8 Å². The molecule has 0 unspecified atom stereocenters. The molecule has 0 spiro atoms. The number of H-pyrrole nitrogens is 1. The van der Waals surface area contributed by atoms with Crippen molar-refractivity contribution in [2.45, 2.75) is 31.7 Å². The van der Waals surface area contributed by atoms with E-state index in [2.05, 4.69) is 15.5 Å². The predicted octanol–water partition coefficient (Wildman–Crippen LogP) is 3.20. The van der Waals surface area contributed by atoms with Crippen LogP contribution in [0.4, 0.5) is 0 Å². The van der Waals surface area contributed by atoms with Crippen molar-refractivity contribution >= 4 is 22.8 Å². The Morgan fingerprint density at radius 3 is 2.69 bits per heavy atom. The van der Waals surface area contributed by atoms with Crippen molar-refractivity contribution in [1.82, 2.24) is 15.5 Å². The van der Waals surface area contributed by atoms with Crippen molar-refractivity contribution < 1.29 is 19.1 Å². The topological polar surface area (TPSA) is 108 Å². The summed E-state index contributed by atoms with van der Waals surface area (Å²) in [5, 5.41) is 19.8. The highest BCUT2D eigenvalue weighted by atomic mass is 16.4. The van der Waals surface area contributed by atoms with Crippen LogP contribution >= 0.6 is 0 Å². The maximum absolute atomic E-state index is 12.7. The van der Waals surface area contributed by atoms with Gasteiger partial charge in [0.25, 0.3) is 5.91 Å². The predicted molar refractivity (Wildman–Crippen MR) is 94.6 cm³/mol. The molecular formula is C19H19N3O4. The highest BCUT2D eigenvalue weighted by Gasteiger charge is 2.28. The van der Waals surface area contributed by atoms with Crippen LogP contribution in [0.1, 0.15) is 36.0 Å². The van der Waals surface area contributed by atoms with Crippen molar-refractivity contribution in [3.05, 3.63) is 42.1 Å². The van der Waals surface area contributed by atoms with Crippen LogP contribution < -0.4 is 5.32 Å². The van der Waals surface area contributed by atoms with Crippen LogP contribution in [-0.2, 0) is 4.79 Å². The number of aromatic nitrogens is 2. The van der Waals surface area contributed by atoms with Gasteiger partial charge in [-0.25, -0.2) is 0 Å². The minimum atomic E-state index is -0.753. The van der Waals surface area contributed by atoms with E-state index < -0.39 is 5.97 Å². The average Bonchev–Trinajstić information content (AvgIpc) is 3.28. The smallest absolute Gasteiger partial charge is 0.306 e. The standard InChI is InChI=1S/C19H19N3O4/c23-18(21-13-7-5-11(6-8-13)19(24)25)14-10-20-22-17(14)16-9-12-3-1-2-4-15(12)26-16/h1-4,9-11,13H,5-8H2,(H,20,22)(H,21,23)(H,24,25). The molecule has 1 fully saturated rings. The summed E-state index contributed by atoms with van der Waals surface area (Å²) >= 11 is 0. The van der Waals surface area contributed by atoms with E-state index in [0.29, 0.717) is 42.7 Å². The molecule has 7 nitrogen and oxygen atoms in total. The second kappa shape index (κ2) is 6.67. The molecule has 4 rings (SSSR count). The molecule has 1 aromatic carbocycles. The molecule has 1 aliphatic carbocycles. The van der Waals surface area contributed by atoms with E-state index in [4.69, 9.17) is 9.52 Å². The number of carbonyl (C=O) groups excluding carboxylic acids is 1. The molecule has 2 heterocycles. The molecular weight excluding hydrogens is 334 g/mol. The minimum absolute atomic E-state index is 0.0171. The Morgan fingerprint density at radius 2 is 1.96 bits per heavy atom. The highest BCUT2D eigenvalue weighted by Crippen LogP contribution is 2.29. The third-order valence-electron chi connectivity index (χ3n) is 4.97. The molecule has 0 aliphatic heterocycles. The van der Waals surface area contributed by atoms with Gasteiger partial charge in [0.1, 0.15) is 11.3 Å². The lowest BCUT2D eigenvalue weighted by molar-refractivity contribution is -0.142. The number of rotatable bonds is 4. The number of carbonyl (C=O) groups is 2. The SMILES string of the molecule is O=C(NC1CCC(C(=O)O)CC1)c1cn[nH]c1-c1cc2ccccc2o1. The Hall–Kier alpha value is -3.09. The molecule has 0 bridgehead atoms. The summed E-state index contributed by atoms with van der Waals surface area (Å²) in [6.07, 6.45) is 3.99. The van der Waals surface area contributed by atoms with E-state index in [-0.39, 0.29) is 17.9 Å². The molecule has 0 saturated heterocycles. The average molecular weight is 353 g/mol. The van der Waals surface area contributed by atoms with Gasteiger partial charge in [0, 0.05) is 11.4 Å².